The van der Waals surface area contributed by atoms with Crippen LogP contribution in [0.4, 0.5) is 16.2 Å². The first-order valence-electron chi connectivity index (χ1n) is 10.1. The Hall–Kier alpha value is -2.82. The largest absolute Gasteiger partial charge is 0.322 e. The van der Waals surface area contributed by atoms with Crippen LogP contribution in [0.15, 0.2) is 42.5 Å². The molecule has 0 saturated carbocycles. The number of hydrogen-bond acceptors (Lipinski definition) is 2. The molecule has 1 aliphatic carbocycles. The average molecular weight is 377 g/mol. The smallest absolute Gasteiger partial charge is 0.321 e. The minimum Gasteiger partial charge on any atom is -0.321 e. The summed E-state index contributed by atoms with van der Waals surface area (Å²) in [5.74, 6) is 0.150. The minimum absolute atomic E-state index is 0.0913. The highest BCUT2D eigenvalue weighted by Gasteiger charge is 2.27. The summed E-state index contributed by atoms with van der Waals surface area (Å²) in [6.07, 6.45) is 4.62. The van der Waals surface area contributed by atoms with E-state index in [0.717, 1.165) is 49.2 Å². The van der Waals surface area contributed by atoms with Crippen LogP contribution < -0.4 is 10.2 Å². The molecule has 1 fully saturated rings. The third-order valence-corrected chi connectivity index (χ3v) is 5.97. The first-order chi connectivity index (χ1) is 13.5. The lowest BCUT2D eigenvalue weighted by molar-refractivity contribution is -0.117. The standard InChI is InChI=1S/C23H27N3O2/c1-16-12-13-18(26-14-6-11-22(26)27)15-20(16)24-23(28)25(2)21-10-5-8-17-7-3-4-9-19(17)21/h3-4,7,9,12-13,15,21H,5-6,8,10-11,14H2,1-2H3,(H,24,28)/t21-/m1/s1. The highest BCUT2D eigenvalue weighted by atomic mass is 16.2. The lowest BCUT2D eigenvalue weighted by atomic mass is 9.87. The van der Waals surface area contributed by atoms with E-state index >= 15 is 0 Å². The molecular formula is C23H27N3O2. The molecule has 2 aromatic carbocycles. The summed E-state index contributed by atoms with van der Waals surface area (Å²) in [7, 11) is 1.87. The van der Waals surface area contributed by atoms with E-state index in [1.54, 1.807) is 4.90 Å². The number of benzene rings is 2. The van der Waals surface area contributed by atoms with Crippen LogP contribution in [0.25, 0.3) is 0 Å². The molecule has 0 spiro atoms. The van der Waals surface area contributed by atoms with Gasteiger partial charge in [-0.3, -0.25) is 4.79 Å². The van der Waals surface area contributed by atoms with Crippen molar-refractivity contribution in [2.45, 2.75) is 45.1 Å². The van der Waals surface area contributed by atoms with Crippen molar-refractivity contribution in [3.63, 3.8) is 0 Å². The van der Waals surface area contributed by atoms with Gasteiger partial charge >= 0.3 is 6.03 Å². The maximum Gasteiger partial charge on any atom is 0.322 e. The predicted molar refractivity (Wildman–Crippen MR) is 112 cm³/mol. The van der Waals surface area contributed by atoms with Crippen molar-refractivity contribution >= 4 is 23.3 Å². The molecule has 1 heterocycles. The molecule has 5 nitrogen and oxygen atoms in total. The van der Waals surface area contributed by atoms with E-state index in [1.165, 1.54) is 11.1 Å². The number of nitrogens with one attached hydrogen (secondary N) is 1. The molecule has 1 N–H and O–H groups in total. The topological polar surface area (TPSA) is 52.7 Å². The van der Waals surface area contributed by atoms with Gasteiger partial charge in [-0.05, 0) is 61.4 Å². The van der Waals surface area contributed by atoms with Crippen LogP contribution in [0.5, 0.6) is 0 Å². The van der Waals surface area contributed by atoms with Crippen molar-refractivity contribution in [2.75, 3.05) is 23.8 Å². The van der Waals surface area contributed by atoms with Gasteiger partial charge in [0.1, 0.15) is 0 Å². The number of anilines is 2. The molecule has 0 radical (unpaired) electrons. The van der Waals surface area contributed by atoms with Crippen LogP contribution in [-0.4, -0.2) is 30.4 Å². The molecule has 0 aromatic heterocycles. The van der Waals surface area contributed by atoms with Crippen molar-refractivity contribution in [1.29, 1.82) is 0 Å². The molecular weight excluding hydrogens is 350 g/mol. The number of amides is 3. The van der Waals surface area contributed by atoms with Gasteiger partial charge in [0.05, 0.1) is 6.04 Å². The summed E-state index contributed by atoms with van der Waals surface area (Å²) in [6, 6.07) is 14.2. The van der Waals surface area contributed by atoms with Crippen molar-refractivity contribution < 1.29 is 9.59 Å². The van der Waals surface area contributed by atoms with Crippen molar-refractivity contribution in [3.8, 4) is 0 Å². The Morgan fingerprint density at radius 1 is 1.14 bits per heavy atom. The van der Waals surface area contributed by atoms with Crippen molar-refractivity contribution in [3.05, 3.63) is 59.2 Å². The predicted octanol–water partition coefficient (Wildman–Crippen LogP) is 4.66. The molecule has 1 aliphatic heterocycles. The van der Waals surface area contributed by atoms with Crippen LogP contribution in [0.3, 0.4) is 0 Å². The normalized spacial score (nSPS) is 18.7. The van der Waals surface area contributed by atoms with E-state index in [-0.39, 0.29) is 18.0 Å². The summed E-state index contributed by atoms with van der Waals surface area (Å²) >= 11 is 0. The maximum absolute atomic E-state index is 13.0. The molecule has 0 unspecified atom stereocenters. The average Bonchev–Trinajstić information content (AvgIpc) is 3.14. The highest BCUT2D eigenvalue weighted by molar-refractivity contribution is 5.97. The monoisotopic (exact) mass is 377 g/mol. The second kappa shape index (κ2) is 7.66. The summed E-state index contributed by atoms with van der Waals surface area (Å²) < 4.78 is 0. The number of rotatable bonds is 3. The van der Waals surface area contributed by atoms with Crippen molar-refractivity contribution in [1.82, 2.24) is 4.90 Å². The molecule has 5 heteroatoms. The van der Waals surface area contributed by atoms with Gasteiger partial charge in [-0.2, -0.15) is 0 Å². The van der Waals surface area contributed by atoms with E-state index in [4.69, 9.17) is 0 Å². The van der Waals surface area contributed by atoms with Gasteiger partial charge in [0.25, 0.3) is 0 Å². The van der Waals surface area contributed by atoms with Gasteiger partial charge in [-0.25, -0.2) is 4.79 Å². The molecule has 1 atom stereocenters. The molecule has 28 heavy (non-hydrogen) atoms. The Labute approximate surface area is 166 Å². The Kier molecular flexibility index (Phi) is 5.07. The van der Waals surface area contributed by atoms with Gasteiger partial charge in [0.2, 0.25) is 5.91 Å². The fourth-order valence-electron chi connectivity index (χ4n) is 4.31. The van der Waals surface area contributed by atoms with Crippen LogP contribution in [0, 0.1) is 6.92 Å². The number of nitrogens with zero attached hydrogens (tertiary/aromatic N) is 2. The van der Waals surface area contributed by atoms with Crippen LogP contribution in [-0.2, 0) is 11.2 Å². The van der Waals surface area contributed by atoms with Crippen LogP contribution in [0.1, 0.15) is 48.4 Å². The van der Waals surface area contributed by atoms with Gasteiger partial charge < -0.3 is 15.1 Å². The quantitative estimate of drug-likeness (QED) is 0.845. The third kappa shape index (κ3) is 3.49. The Bertz CT molecular complexity index is 908. The first-order valence-corrected chi connectivity index (χ1v) is 10.1. The van der Waals surface area contributed by atoms with Gasteiger partial charge in [0, 0.05) is 31.4 Å². The zero-order chi connectivity index (χ0) is 19.7. The Morgan fingerprint density at radius 3 is 2.75 bits per heavy atom. The molecule has 2 aromatic rings. The highest BCUT2D eigenvalue weighted by Crippen LogP contribution is 2.34. The van der Waals surface area contributed by atoms with E-state index < -0.39 is 0 Å². The molecule has 0 bridgehead atoms. The summed E-state index contributed by atoms with van der Waals surface area (Å²) in [5, 5.41) is 3.07. The minimum atomic E-state index is -0.116. The number of fused-ring (bicyclic) bond motifs is 1. The fourth-order valence-corrected chi connectivity index (χ4v) is 4.31. The SMILES string of the molecule is Cc1ccc(N2CCCC2=O)cc1NC(=O)N(C)[C@@H]1CCCc2ccccc21. The van der Waals surface area contributed by atoms with Gasteiger partial charge in [0.15, 0.2) is 0 Å². The Balaban J connectivity index is 1.53. The molecule has 146 valence electrons. The summed E-state index contributed by atoms with van der Waals surface area (Å²) in [5.41, 5.74) is 5.19. The van der Waals surface area contributed by atoms with E-state index in [0.29, 0.717) is 6.42 Å². The molecule has 2 aliphatic rings. The lowest BCUT2D eigenvalue weighted by Crippen LogP contribution is -2.36. The summed E-state index contributed by atoms with van der Waals surface area (Å²) in [6.45, 7) is 2.72. The van der Waals surface area contributed by atoms with Gasteiger partial charge in [-0.15, -0.1) is 0 Å². The van der Waals surface area contributed by atoms with Crippen LogP contribution in [0.2, 0.25) is 0 Å². The molecule has 4 rings (SSSR count). The fraction of sp³-hybridized carbons (Fsp3) is 0.391. The van der Waals surface area contributed by atoms with Crippen LogP contribution >= 0.6 is 0 Å². The van der Waals surface area contributed by atoms with E-state index in [9.17, 15) is 9.59 Å². The lowest BCUT2D eigenvalue weighted by Gasteiger charge is -2.33. The zero-order valence-corrected chi connectivity index (χ0v) is 16.6. The first kappa shape index (κ1) is 18.5. The molecule has 3 amide bonds. The Morgan fingerprint density at radius 2 is 1.96 bits per heavy atom. The summed E-state index contributed by atoms with van der Waals surface area (Å²) in [4.78, 5) is 28.7. The molecule has 1 saturated heterocycles. The second-order valence-corrected chi connectivity index (χ2v) is 7.80. The zero-order valence-electron chi connectivity index (χ0n) is 16.6. The number of urea groups is 1. The number of carbonyl (C=O) groups excluding carboxylic acids is 2. The number of aryl methyl sites for hydroxylation is 2. The second-order valence-electron chi connectivity index (χ2n) is 7.80. The van der Waals surface area contributed by atoms with Crippen molar-refractivity contribution in [2.24, 2.45) is 0 Å². The number of hydrogen-bond donors (Lipinski definition) is 1. The van der Waals surface area contributed by atoms with Gasteiger partial charge in [-0.1, -0.05) is 30.3 Å². The third-order valence-electron chi connectivity index (χ3n) is 5.97. The number of carbonyl (C=O) groups is 2. The maximum atomic E-state index is 13.0. The van der Waals surface area contributed by atoms with E-state index in [1.807, 2.05) is 43.1 Å². The van der Waals surface area contributed by atoms with E-state index in [2.05, 4.69) is 23.5 Å².